The first kappa shape index (κ1) is 14.6. The molecule has 1 atom stereocenters. The second kappa shape index (κ2) is 10.1. The van der Waals surface area contributed by atoms with Crippen LogP contribution >= 0.6 is 0 Å². The summed E-state index contributed by atoms with van der Waals surface area (Å²) in [5.74, 6) is 0. The molecule has 0 heterocycles. The summed E-state index contributed by atoms with van der Waals surface area (Å²) in [5, 5.41) is 0. The highest BCUT2D eigenvalue weighted by atomic mass is 17.2. The predicted molar refractivity (Wildman–Crippen MR) is 61.4 cm³/mol. The van der Waals surface area contributed by atoms with Crippen molar-refractivity contribution in [3.05, 3.63) is 11.6 Å². The zero-order chi connectivity index (χ0) is 11.5. The highest BCUT2D eigenvalue weighted by Gasteiger charge is 2.06. The lowest BCUT2D eigenvalue weighted by Crippen LogP contribution is -2.15. The minimum Gasteiger partial charge on any atom is -0.353 e. The van der Waals surface area contributed by atoms with Crippen molar-refractivity contribution >= 4 is 0 Å². The fourth-order valence-corrected chi connectivity index (χ4v) is 1.10. The number of unbranched alkanes of at least 4 members (excludes halogenated alkanes) is 1. The van der Waals surface area contributed by atoms with Crippen LogP contribution in [0.5, 0.6) is 0 Å². The van der Waals surface area contributed by atoms with Crippen LogP contribution in [0, 0.1) is 0 Å². The molecule has 1 unspecified atom stereocenters. The molecule has 3 heteroatoms. The second-order valence-corrected chi connectivity index (χ2v) is 3.80. The smallest absolute Gasteiger partial charge is 0.190 e. The molecule has 3 nitrogen and oxygen atoms in total. The van der Waals surface area contributed by atoms with Crippen LogP contribution in [0.15, 0.2) is 11.6 Å². The first-order valence-corrected chi connectivity index (χ1v) is 5.65. The van der Waals surface area contributed by atoms with Gasteiger partial charge in [0.2, 0.25) is 0 Å². The molecule has 0 fully saturated rings. The van der Waals surface area contributed by atoms with Gasteiger partial charge >= 0.3 is 0 Å². The van der Waals surface area contributed by atoms with E-state index in [9.17, 15) is 0 Å². The molecule has 0 bridgehead atoms. The van der Waals surface area contributed by atoms with E-state index in [1.54, 1.807) is 7.11 Å². The van der Waals surface area contributed by atoms with E-state index < -0.39 is 0 Å². The summed E-state index contributed by atoms with van der Waals surface area (Å²) in [6.45, 7) is 6.86. The maximum atomic E-state index is 5.12. The molecule has 0 aromatic heterocycles. The highest BCUT2D eigenvalue weighted by Crippen LogP contribution is 2.06. The SMILES string of the molecule is CCCCC(OC)OOCCC=C(C)C. The van der Waals surface area contributed by atoms with Crippen LogP contribution in [0.2, 0.25) is 0 Å². The van der Waals surface area contributed by atoms with E-state index in [1.165, 1.54) is 5.57 Å². The molecule has 0 N–H and O–H groups in total. The van der Waals surface area contributed by atoms with Crippen LogP contribution in [0.1, 0.15) is 46.5 Å². The van der Waals surface area contributed by atoms with Gasteiger partial charge in [-0.05, 0) is 26.7 Å². The van der Waals surface area contributed by atoms with E-state index in [-0.39, 0.29) is 6.29 Å². The molecule has 0 aromatic carbocycles. The third kappa shape index (κ3) is 9.91. The molecule has 0 radical (unpaired) electrons. The molecule has 0 spiro atoms. The first-order chi connectivity index (χ1) is 7.20. The summed E-state index contributed by atoms with van der Waals surface area (Å²) < 4.78 is 5.12. The predicted octanol–water partition coefficient (Wildman–Crippen LogP) is 3.45. The Morgan fingerprint density at radius 2 is 2.07 bits per heavy atom. The van der Waals surface area contributed by atoms with Gasteiger partial charge in [-0.25, -0.2) is 9.78 Å². The van der Waals surface area contributed by atoms with Crippen molar-refractivity contribution in [1.82, 2.24) is 0 Å². The zero-order valence-corrected chi connectivity index (χ0v) is 10.4. The van der Waals surface area contributed by atoms with Gasteiger partial charge in [0.25, 0.3) is 0 Å². The van der Waals surface area contributed by atoms with Gasteiger partial charge in [0, 0.05) is 13.5 Å². The van der Waals surface area contributed by atoms with Crippen LogP contribution in [-0.4, -0.2) is 20.0 Å². The largest absolute Gasteiger partial charge is 0.353 e. The Balaban J connectivity index is 3.41. The van der Waals surface area contributed by atoms with Crippen molar-refractivity contribution in [2.45, 2.75) is 52.7 Å². The standard InChI is InChI=1S/C12H24O3/c1-5-6-9-12(13-4)15-14-10-7-8-11(2)3/h8,12H,5-7,9-10H2,1-4H3. The van der Waals surface area contributed by atoms with Gasteiger partial charge in [0.05, 0.1) is 6.61 Å². The van der Waals surface area contributed by atoms with E-state index in [1.807, 2.05) is 0 Å². The van der Waals surface area contributed by atoms with Crippen LogP contribution in [0.4, 0.5) is 0 Å². The summed E-state index contributed by atoms with van der Waals surface area (Å²) in [4.78, 5) is 10.2. The van der Waals surface area contributed by atoms with E-state index >= 15 is 0 Å². The Labute approximate surface area is 93.3 Å². The van der Waals surface area contributed by atoms with Gasteiger partial charge < -0.3 is 4.74 Å². The van der Waals surface area contributed by atoms with Crippen LogP contribution < -0.4 is 0 Å². The van der Waals surface area contributed by atoms with Gasteiger partial charge in [-0.1, -0.05) is 25.0 Å². The van der Waals surface area contributed by atoms with Crippen molar-refractivity contribution in [1.29, 1.82) is 0 Å². The third-order valence-corrected chi connectivity index (χ3v) is 1.99. The monoisotopic (exact) mass is 216 g/mol. The van der Waals surface area contributed by atoms with Gasteiger partial charge in [0.1, 0.15) is 0 Å². The maximum Gasteiger partial charge on any atom is 0.190 e. The fraction of sp³-hybridized carbons (Fsp3) is 0.833. The average molecular weight is 216 g/mol. The summed E-state index contributed by atoms with van der Waals surface area (Å²) >= 11 is 0. The average Bonchev–Trinajstić information content (AvgIpc) is 2.21. The van der Waals surface area contributed by atoms with Gasteiger partial charge in [-0.15, -0.1) is 0 Å². The first-order valence-electron chi connectivity index (χ1n) is 5.65. The lowest BCUT2D eigenvalue weighted by molar-refractivity contribution is -0.374. The summed E-state index contributed by atoms with van der Waals surface area (Å²) in [6, 6.07) is 0. The van der Waals surface area contributed by atoms with E-state index in [0.29, 0.717) is 6.61 Å². The van der Waals surface area contributed by atoms with Crippen molar-refractivity contribution in [3.8, 4) is 0 Å². The zero-order valence-electron chi connectivity index (χ0n) is 10.4. The van der Waals surface area contributed by atoms with Crippen molar-refractivity contribution < 1.29 is 14.5 Å². The minimum absolute atomic E-state index is 0.225. The molecule has 0 amide bonds. The van der Waals surface area contributed by atoms with Gasteiger partial charge in [-0.2, -0.15) is 0 Å². The molecule has 0 saturated carbocycles. The minimum atomic E-state index is -0.225. The van der Waals surface area contributed by atoms with Gasteiger partial charge in [-0.3, -0.25) is 0 Å². The van der Waals surface area contributed by atoms with E-state index in [4.69, 9.17) is 14.5 Å². The molecule has 0 rings (SSSR count). The van der Waals surface area contributed by atoms with Crippen molar-refractivity contribution in [2.24, 2.45) is 0 Å². The number of methoxy groups -OCH3 is 1. The molecule has 0 aliphatic carbocycles. The van der Waals surface area contributed by atoms with Crippen molar-refractivity contribution in [3.63, 3.8) is 0 Å². The van der Waals surface area contributed by atoms with Crippen LogP contribution in [-0.2, 0) is 14.5 Å². The highest BCUT2D eigenvalue weighted by molar-refractivity contribution is 4.92. The van der Waals surface area contributed by atoms with E-state index in [2.05, 4.69) is 26.8 Å². The number of rotatable bonds is 9. The topological polar surface area (TPSA) is 27.7 Å². The number of hydrogen-bond donors (Lipinski definition) is 0. The Morgan fingerprint density at radius 1 is 1.33 bits per heavy atom. The lowest BCUT2D eigenvalue weighted by atomic mass is 10.2. The summed E-state index contributed by atoms with van der Waals surface area (Å²) in [5.41, 5.74) is 1.30. The Hall–Kier alpha value is -0.380. The Bertz CT molecular complexity index is 162. The molecular weight excluding hydrogens is 192 g/mol. The maximum absolute atomic E-state index is 5.12. The number of allylic oxidation sites excluding steroid dienone is 1. The molecule has 0 aromatic rings. The van der Waals surface area contributed by atoms with E-state index in [0.717, 1.165) is 25.7 Å². The molecule has 0 saturated heterocycles. The quantitative estimate of drug-likeness (QED) is 0.194. The molecule has 15 heavy (non-hydrogen) atoms. The van der Waals surface area contributed by atoms with Crippen molar-refractivity contribution in [2.75, 3.05) is 13.7 Å². The third-order valence-electron chi connectivity index (χ3n) is 1.99. The normalized spacial score (nSPS) is 12.5. The fourth-order valence-electron chi connectivity index (χ4n) is 1.10. The molecule has 0 aliphatic heterocycles. The number of hydrogen-bond acceptors (Lipinski definition) is 3. The molecule has 0 aliphatic rings. The van der Waals surface area contributed by atoms with Crippen LogP contribution in [0.25, 0.3) is 0 Å². The Morgan fingerprint density at radius 3 is 2.60 bits per heavy atom. The second-order valence-electron chi connectivity index (χ2n) is 3.80. The summed E-state index contributed by atoms with van der Waals surface area (Å²) in [6.07, 6.45) is 5.90. The lowest BCUT2D eigenvalue weighted by Gasteiger charge is -2.13. The molecular formula is C12H24O3. The Kier molecular flexibility index (Phi) is 9.89. The van der Waals surface area contributed by atoms with Crippen LogP contribution in [0.3, 0.4) is 0 Å². The summed E-state index contributed by atoms with van der Waals surface area (Å²) in [7, 11) is 1.64. The van der Waals surface area contributed by atoms with Gasteiger partial charge in [0.15, 0.2) is 6.29 Å². The number of ether oxygens (including phenoxy) is 1. The molecule has 90 valence electrons.